The quantitative estimate of drug-likeness (QED) is 0.834. The molecule has 0 aromatic carbocycles. The van der Waals surface area contributed by atoms with Crippen molar-refractivity contribution in [2.75, 3.05) is 24.6 Å². The minimum Gasteiger partial charge on any atom is -0.316 e. The fourth-order valence-corrected chi connectivity index (χ4v) is 5.85. The van der Waals surface area contributed by atoms with E-state index in [0.29, 0.717) is 23.3 Å². The topological polar surface area (TPSA) is 46.2 Å². The highest BCUT2D eigenvalue weighted by molar-refractivity contribution is 7.91. The van der Waals surface area contributed by atoms with Crippen LogP contribution >= 0.6 is 0 Å². The summed E-state index contributed by atoms with van der Waals surface area (Å²) in [5.74, 6) is 2.69. The first-order valence-corrected chi connectivity index (χ1v) is 9.06. The Morgan fingerprint density at radius 3 is 2.33 bits per heavy atom. The normalized spacial score (nSPS) is 31.2. The van der Waals surface area contributed by atoms with Crippen LogP contribution in [0.5, 0.6) is 0 Å². The minimum atomic E-state index is -2.74. The molecule has 18 heavy (non-hydrogen) atoms. The van der Waals surface area contributed by atoms with Gasteiger partial charge in [-0.1, -0.05) is 20.8 Å². The largest absolute Gasteiger partial charge is 0.316 e. The van der Waals surface area contributed by atoms with E-state index in [9.17, 15) is 8.42 Å². The van der Waals surface area contributed by atoms with Gasteiger partial charge in [0.2, 0.25) is 0 Å². The molecule has 0 spiro atoms. The molecule has 0 aliphatic carbocycles. The fraction of sp³-hybridized carbons (Fsp3) is 1.00. The van der Waals surface area contributed by atoms with Crippen LogP contribution in [0.15, 0.2) is 0 Å². The maximum absolute atomic E-state index is 11.7. The molecule has 2 aliphatic heterocycles. The maximum atomic E-state index is 11.7. The van der Waals surface area contributed by atoms with Crippen molar-refractivity contribution in [3.8, 4) is 0 Å². The predicted molar refractivity (Wildman–Crippen MR) is 75.3 cm³/mol. The molecular formula is C14H27NO2S. The molecule has 2 saturated heterocycles. The van der Waals surface area contributed by atoms with E-state index < -0.39 is 9.84 Å². The van der Waals surface area contributed by atoms with Gasteiger partial charge in [0.25, 0.3) is 0 Å². The Balaban J connectivity index is 1.98. The van der Waals surface area contributed by atoms with Gasteiger partial charge in [-0.05, 0) is 42.4 Å². The first-order valence-electron chi connectivity index (χ1n) is 7.24. The summed E-state index contributed by atoms with van der Waals surface area (Å²) >= 11 is 0. The molecule has 2 atom stereocenters. The van der Waals surface area contributed by atoms with Crippen LogP contribution in [0, 0.1) is 23.2 Å². The molecule has 106 valence electrons. The second-order valence-electron chi connectivity index (χ2n) is 7.00. The van der Waals surface area contributed by atoms with E-state index in [1.807, 2.05) is 0 Å². The average molecular weight is 273 g/mol. The summed E-state index contributed by atoms with van der Waals surface area (Å²) in [6.07, 6.45) is 3.33. The van der Waals surface area contributed by atoms with Gasteiger partial charge in [0.15, 0.2) is 9.84 Å². The van der Waals surface area contributed by atoms with E-state index in [4.69, 9.17) is 0 Å². The average Bonchev–Trinajstić information content (AvgIpc) is 2.51. The number of rotatable bonds is 5. The van der Waals surface area contributed by atoms with Crippen molar-refractivity contribution in [1.82, 2.24) is 5.32 Å². The van der Waals surface area contributed by atoms with E-state index in [2.05, 4.69) is 26.1 Å². The summed E-state index contributed by atoms with van der Waals surface area (Å²) in [6.45, 7) is 8.90. The van der Waals surface area contributed by atoms with E-state index in [1.54, 1.807) is 0 Å². The molecule has 0 amide bonds. The van der Waals surface area contributed by atoms with Crippen molar-refractivity contribution in [2.24, 2.45) is 23.2 Å². The van der Waals surface area contributed by atoms with Crippen LogP contribution in [0.3, 0.4) is 0 Å². The zero-order chi connectivity index (χ0) is 13.4. The van der Waals surface area contributed by atoms with Crippen molar-refractivity contribution >= 4 is 9.84 Å². The summed E-state index contributed by atoms with van der Waals surface area (Å²) < 4.78 is 23.3. The third kappa shape index (κ3) is 3.08. The first kappa shape index (κ1) is 14.3. The van der Waals surface area contributed by atoms with Crippen LogP contribution in [0.4, 0.5) is 0 Å². The van der Waals surface area contributed by atoms with Crippen molar-refractivity contribution in [2.45, 2.75) is 40.0 Å². The molecule has 3 nitrogen and oxygen atoms in total. The molecule has 0 saturated carbocycles. The van der Waals surface area contributed by atoms with Gasteiger partial charge in [0.1, 0.15) is 0 Å². The summed E-state index contributed by atoms with van der Waals surface area (Å²) in [6, 6.07) is 0. The molecule has 0 radical (unpaired) electrons. The van der Waals surface area contributed by atoms with Crippen LogP contribution in [0.2, 0.25) is 0 Å². The van der Waals surface area contributed by atoms with Gasteiger partial charge in [-0.15, -0.1) is 0 Å². The monoisotopic (exact) mass is 273 g/mol. The Labute approximate surface area is 112 Å². The highest BCUT2D eigenvalue weighted by atomic mass is 32.2. The molecule has 1 N–H and O–H groups in total. The maximum Gasteiger partial charge on any atom is 0.150 e. The molecule has 2 heterocycles. The second-order valence-corrected chi connectivity index (χ2v) is 9.23. The van der Waals surface area contributed by atoms with Crippen LogP contribution in [-0.4, -0.2) is 33.0 Å². The third-order valence-electron chi connectivity index (χ3n) is 4.68. The van der Waals surface area contributed by atoms with Crippen molar-refractivity contribution in [3.63, 3.8) is 0 Å². The van der Waals surface area contributed by atoms with Gasteiger partial charge >= 0.3 is 0 Å². The SMILES string of the molecule is CC(C)CC(C)CC1(C2CCS(=O)(=O)C2)CNC1. The summed E-state index contributed by atoms with van der Waals surface area (Å²) in [4.78, 5) is 0. The van der Waals surface area contributed by atoms with Gasteiger partial charge in [0.05, 0.1) is 11.5 Å². The van der Waals surface area contributed by atoms with E-state index in [1.165, 1.54) is 12.8 Å². The Hall–Kier alpha value is -0.0900. The number of nitrogens with one attached hydrogen (secondary N) is 1. The second kappa shape index (κ2) is 5.12. The lowest BCUT2D eigenvalue weighted by Crippen LogP contribution is -2.58. The minimum absolute atomic E-state index is 0.276. The standard InChI is InChI=1S/C14H27NO2S/c1-11(2)6-12(3)7-14(9-15-10-14)13-4-5-18(16,17)8-13/h11-13,15H,4-10H2,1-3H3. The molecule has 0 aromatic heterocycles. The molecule has 2 rings (SSSR count). The molecular weight excluding hydrogens is 246 g/mol. The van der Waals surface area contributed by atoms with Gasteiger partial charge < -0.3 is 5.32 Å². The van der Waals surface area contributed by atoms with E-state index in [-0.39, 0.29) is 5.41 Å². The highest BCUT2D eigenvalue weighted by Crippen LogP contribution is 2.44. The molecule has 2 fully saturated rings. The van der Waals surface area contributed by atoms with E-state index >= 15 is 0 Å². The number of hydrogen-bond donors (Lipinski definition) is 1. The van der Waals surface area contributed by atoms with Crippen LogP contribution < -0.4 is 5.32 Å². The van der Waals surface area contributed by atoms with Crippen LogP contribution in [-0.2, 0) is 9.84 Å². The third-order valence-corrected chi connectivity index (χ3v) is 6.45. The Bertz CT molecular complexity index is 385. The van der Waals surface area contributed by atoms with Gasteiger partial charge in [-0.3, -0.25) is 0 Å². The molecule has 4 heteroatoms. The summed E-state index contributed by atoms with van der Waals surface area (Å²) in [5.41, 5.74) is 0.276. The first-order chi connectivity index (χ1) is 8.33. The zero-order valence-corrected chi connectivity index (χ0v) is 12.7. The fourth-order valence-electron chi connectivity index (χ4n) is 3.91. The Kier molecular flexibility index (Phi) is 4.07. The molecule has 2 unspecified atom stereocenters. The van der Waals surface area contributed by atoms with Crippen molar-refractivity contribution in [1.29, 1.82) is 0 Å². The molecule has 2 aliphatic rings. The van der Waals surface area contributed by atoms with Crippen LogP contribution in [0.25, 0.3) is 0 Å². The highest BCUT2D eigenvalue weighted by Gasteiger charge is 2.48. The number of sulfone groups is 1. The summed E-state index contributed by atoms with van der Waals surface area (Å²) in [5, 5.41) is 3.37. The lowest BCUT2D eigenvalue weighted by molar-refractivity contribution is 0.0581. The van der Waals surface area contributed by atoms with Gasteiger partial charge in [-0.25, -0.2) is 8.42 Å². The lowest BCUT2D eigenvalue weighted by atomic mass is 9.65. The summed E-state index contributed by atoms with van der Waals surface area (Å²) in [7, 11) is -2.74. The molecule has 0 bridgehead atoms. The number of hydrogen-bond acceptors (Lipinski definition) is 3. The van der Waals surface area contributed by atoms with Gasteiger partial charge in [0, 0.05) is 13.1 Å². The van der Waals surface area contributed by atoms with Gasteiger partial charge in [-0.2, -0.15) is 0 Å². The predicted octanol–water partition coefficient (Wildman–Crippen LogP) is 2.08. The smallest absolute Gasteiger partial charge is 0.150 e. The van der Waals surface area contributed by atoms with E-state index in [0.717, 1.165) is 25.4 Å². The Morgan fingerprint density at radius 1 is 1.28 bits per heavy atom. The van der Waals surface area contributed by atoms with Crippen LogP contribution in [0.1, 0.15) is 40.0 Å². The van der Waals surface area contributed by atoms with Crippen molar-refractivity contribution in [3.05, 3.63) is 0 Å². The lowest BCUT2D eigenvalue weighted by Gasteiger charge is -2.48. The molecule has 0 aromatic rings. The Morgan fingerprint density at radius 2 is 1.94 bits per heavy atom. The van der Waals surface area contributed by atoms with Crippen molar-refractivity contribution < 1.29 is 8.42 Å². The zero-order valence-electron chi connectivity index (χ0n) is 11.9.